The topological polar surface area (TPSA) is 83.2 Å². The smallest absolute Gasteiger partial charge is 0.247 e. The monoisotopic (exact) mass is 433 g/mol. The molecular weight excluding hydrogens is 402 g/mol. The number of carbonyl (C=O) groups is 2. The molecule has 2 amide bonds. The van der Waals surface area contributed by atoms with Crippen LogP contribution in [0.25, 0.3) is 10.9 Å². The van der Waals surface area contributed by atoms with Crippen molar-refractivity contribution in [3.63, 3.8) is 0 Å². The van der Waals surface area contributed by atoms with E-state index < -0.39 is 6.04 Å². The van der Waals surface area contributed by atoms with E-state index in [9.17, 15) is 9.59 Å². The lowest BCUT2D eigenvalue weighted by molar-refractivity contribution is -0.128. The van der Waals surface area contributed by atoms with Gasteiger partial charge in [-0.1, -0.05) is 38.1 Å². The Morgan fingerprint density at radius 1 is 1.06 bits per heavy atom. The van der Waals surface area contributed by atoms with E-state index in [0.29, 0.717) is 12.1 Å². The lowest BCUT2D eigenvalue weighted by atomic mass is 10.0. The first-order valence-corrected chi connectivity index (χ1v) is 11.4. The molecule has 3 N–H and O–H groups in total. The number of hydrogen-bond donors (Lipinski definition) is 3. The Labute approximate surface area is 188 Å². The van der Waals surface area contributed by atoms with Crippen LogP contribution in [0.3, 0.4) is 0 Å². The fourth-order valence-corrected chi connectivity index (χ4v) is 4.14. The summed E-state index contributed by atoms with van der Waals surface area (Å²) < 4.78 is 6.06. The zero-order valence-corrected chi connectivity index (χ0v) is 18.7. The Bertz CT molecular complexity index is 1080. The normalized spacial score (nSPS) is 15.1. The van der Waals surface area contributed by atoms with Crippen LogP contribution in [0.15, 0.2) is 54.7 Å². The van der Waals surface area contributed by atoms with E-state index in [1.165, 1.54) is 12.8 Å². The summed E-state index contributed by atoms with van der Waals surface area (Å²) in [6.45, 7) is 3.64. The minimum atomic E-state index is -0.691. The first kappa shape index (κ1) is 21.9. The highest BCUT2D eigenvalue weighted by molar-refractivity contribution is 5.98. The molecule has 0 aliphatic heterocycles. The average molecular weight is 434 g/mol. The Kier molecular flexibility index (Phi) is 6.78. The number of amides is 2. The van der Waals surface area contributed by atoms with Gasteiger partial charge in [-0.15, -0.1) is 0 Å². The van der Waals surface area contributed by atoms with Gasteiger partial charge in [-0.2, -0.15) is 0 Å². The first-order valence-electron chi connectivity index (χ1n) is 11.4. The fourth-order valence-electron chi connectivity index (χ4n) is 4.14. The minimum absolute atomic E-state index is 0.150. The summed E-state index contributed by atoms with van der Waals surface area (Å²) in [6.07, 6.45) is 7.10. The van der Waals surface area contributed by atoms with E-state index in [1.807, 2.05) is 68.6 Å². The van der Waals surface area contributed by atoms with Gasteiger partial charge < -0.3 is 20.4 Å². The first-order chi connectivity index (χ1) is 15.5. The summed E-state index contributed by atoms with van der Waals surface area (Å²) in [4.78, 5) is 28.9. The van der Waals surface area contributed by atoms with Crippen molar-refractivity contribution in [2.24, 2.45) is 5.92 Å². The van der Waals surface area contributed by atoms with Crippen LogP contribution in [-0.2, 0) is 16.0 Å². The molecule has 6 heteroatoms. The number of aromatic nitrogens is 1. The van der Waals surface area contributed by atoms with E-state index in [-0.39, 0.29) is 23.8 Å². The molecule has 1 saturated carbocycles. The molecule has 6 nitrogen and oxygen atoms in total. The van der Waals surface area contributed by atoms with Gasteiger partial charge in [0.05, 0.1) is 6.10 Å². The quantitative estimate of drug-likeness (QED) is 0.477. The van der Waals surface area contributed by atoms with Crippen LogP contribution in [0.1, 0.15) is 45.1 Å². The number of benzene rings is 2. The van der Waals surface area contributed by atoms with Gasteiger partial charge in [0.15, 0.2) is 0 Å². The van der Waals surface area contributed by atoms with Crippen molar-refractivity contribution in [2.45, 2.75) is 58.1 Å². The van der Waals surface area contributed by atoms with Crippen LogP contribution in [0.4, 0.5) is 5.69 Å². The van der Waals surface area contributed by atoms with Crippen molar-refractivity contribution in [2.75, 3.05) is 5.32 Å². The van der Waals surface area contributed by atoms with Crippen LogP contribution in [0.5, 0.6) is 5.75 Å². The number of carbonyl (C=O) groups excluding carboxylic acids is 2. The van der Waals surface area contributed by atoms with Gasteiger partial charge in [-0.3, -0.25) is 9.59 Å². The maximum Gasteiger partial charge on any atom is 0.247 e. The molecule has 1 atom stereocenters. The van der Waals surface area contributed by atoms with Crippen molar-refractivity contribution < 1.29 is 14.3 Å². The van der Waals surface area contributed by atoms with E-state index in [4.69, 9.17) is 4.74 Å². The number of H-pyrrole nitrogens is 1. The molecule has 1 unspecified atom stereocenters. The van der Waals surface area contributed by atoms with Crippen LogP contribution in [0.2, 0.25) is 0 Å². The number of aromatic amines is 1. The highest BCUT2D eigenvalue weighted by Gasteiger charge is 2.24. The van der Waals surface area contributed by atoms with E-state index in [2.05, 4.69) is 15.6 Å². The van der Waals surface area contributed by atoms with Gasteiger partial charge in [0.25, 0.3) is 0 Å². The van der Waals surface area contributed by atoms with Gasteiger partial charge in [0, 0.05) is 41.2 Å². The number of fused-ring (bicyclic) bond motifs is 1. The van der Waals surface area contributed by atoms with E-state index in [1.54, 1.807) is 0 Å². The fraction of sp³-hybridized carbons (Fsp3) is 0.385. The molecule has 168 valence electrons. The van der Waals surface area contributed by atoms with Gasteiger partial charge in [-0.05, 0) is 49.4 Å². The summed E-state index contributed by atoms with van der Waals surface area (Å²) in [5.41, 5.74) is 2.66. The molecule has 0 bridgehead atoms. The van der Waals surface area contributed by atoms with Crippen LogP contribution >= 0.6 is 0 Å². The molecule has 0 saturated heterocycles. The number of rotatable bonds is 8. The van der Waals surface area contributed by atoms with Crippen molar-refractivity contribution in [1.82, 2.24) is 10.3 Å². The predicted octanol–water partition coefficient (Wildman–Crippen LogP) is 4.81. The second-order valence-corrected chi connectivity index (χ2v) is 8.82. The Hall–Kier alpha value is -3.28. The number of nitrogens with one attached hydrogen (secondary N) is 3. The Morgan fingerprint density at radius 3 is 2.62 bits per heavy atom. The van der Waals surface area contributed by atoms with Crippen LogP contribution < -0.4 is 15.4 Å². The lowest BCUT2D eigenvalue weighted by Crippen LogP contribution is -2.46. The molecule has 1 aliphatic rings. The maximum absolute atomic E-state index is 13.2. The Balaban J connectivity index is 1.50. The second kappa shape index (κ2) is 9.90. The van der Waals surface area contributed by atoms with Crippen molar-refractivity contribution >= 4 is 28.4 Å². The standard InChI is InChI=1S/C26H31N3O3/c1-17(2)25(30)29-24(14-18-16-27-23-13-6-5-12-22(18)23)26(31)28-19-8-7-11-21(15-19)32-20-9-3-4-10-20/h5-8,11-13,15-17,20,24,27H,3-4,9-10,14H2,1-2H3,(H,28,31)(H,29,30). The molecular formula is C26H31N3O3. The molecule has 1 aliphatic carbocycles. The van der Waals surface area contributed by atoms with E-state index in [0.717, 1.165) is 35.1 Å². The number of para-hydroxylation sites is 1. The van der Waals surface area contributed by atoms with Gasteiger partial charge in [0.1, 0.15) is 11.8 Å². The average Bonchev–Trinajstić information content (AvgIpc) is 3.43. The Morgan fingerprint density at radius 2 is 1.84 bits per heavy atom. The van der Waals surface area contributed by atoms with Gasteiger partial charge in [-0.25, -0.2) is 0 Å². The molecule has 1 aromatic heterocycles. The zero-order valence-electron chi connectivity index (χ0n) is 18.7. The molecule has 4 rings (SSSR count). The third-order valence-electron chi connectivity index (χ3n) is 5.96. The summed E-state index contributed by atoms with van der Waals surface area (Å²) in [5.74, 6) is 0.149. The van der Waals surface area contributed by atoms with Crippen molar-refractivity contribution in [3.05, 3.63) is 60.3 Å². The summed E-state index contributed by atoms with van der Waals surface area (Å²) >= 11 is 0. The lowest BCUT2D eigenvalue weighted by Gasteiger charge is -2.20. The number of anilines is 1. The van der Waals surface area contributed by atoms with Crippen LogP contribution in [-0.4, -0.2) is 28.9 Å². The van der Waals surface area contributed by atoms with Gasteiger partial charge >= 0.3 is 0 Å². The molecule has 1 fully saturated rings. The number of hydrogen-bond acceptors (Lipinski definition) is 3. The molecule has 1 heterocycles. The maximum atomic E-state index is 13.2. The molecule has 2 aromatic carbocycles. The number of ether oxygens (including phenoxy) is 1. The largest absolute Gasteiger partial charge is 0.490 e. The van der Waals surface area contributed by atoms with Crippen LogP contribution in [0, 0.1) is 5.92 Å². The SMILES string of the molecule is CC(C)C(=O)NC(Cc1c[nH]c2ccccc12)C(=O)Nc1cccc(OC2CCCC2)c1. The summed E-state index contributed by atoms with van der Waals surface area (Å²) in [5, 5.41) is 6.94. The minimum Gasteiger partial charge on any atom is -0.490 e. The van der Waals surface area contributed by atoms with E-state index >= 15 is 0 Å². The molecule has 32 heavy (non-hydrogen) atoms. The third-order valence-corrected chi connectivity index (χ3v) is 5.96. The molecule has 0 radical (unpaired) electrons. The zero-order chi connectivity index (χ0) is 22.5. The van der Waals surface area contributed by atoms with Crippen molar-refractivity contribution in [1.29, 1.82) is 0 Å². The third kappa shape index (κ3) is 5.31. The highest BCUT2D eigenvalue weighted by atomic mass is 16.5. The summed E-state index contributed by atoms with van der Waals surface area (Å²) in [6, 6.07) is 14.7. The molecule has 0 spiro atoms. The second-order valence-electron chi connectivity index (χ2n) is 8.82. The highest BCUT2D eigenvalue weighted by Crippen LogP contribution is 2.26. The van der Waals surface area contributed by atoms with Crippen molar-refractivity contribution in [3.8, 4) is 5.75 Å². The molecule has 3 aromatic rings. The summed E-state index contributed by atoms with van der Waals surface area (Å²) in [7, 11) is 0. The predicted molar refractivity (Wildman–Crippen MR) is 127 cm³/mol. The van der Waals surface area contributed by atoms with Gasteiger partial charge in [0.2, 0.25) is 11.8 Å².